The summed E-state index contributed by atoms with van der Waals surface area (Å²) in [7, 11) is 0. The van der Waals surface area contributed by atoms with Crippen molar-refractivity contribution >= 4 is 21.8 Å². The van der Waals surface area contributed by atoms with Crippen LogP contribution in [0.2, 0.25) is 0 Å². The van der Waals surface area contributed by atoms with E-state index in [1.807, 2.05) is 6.07 Å². The molecule has 1 fully saturated rings. The largest absolute Gasteiger partial charge is 0.348 e. The van der Waals surface area contributed by atoms with Gasteiger partial charge in [0.25, 0.3) is 5.91 Å². The van der Waals surface area contributed by atoms with Crippen molar-refractivity contribution in [2.24, 2.45) is 0 Å². The van der Waals surface area contributed by atoms with E-state index >= 15 is 0 Å². The molecule has 0 aliphatic heterocycles. The molecule has 3 nitrogen and oxygen atoms in total. The lowest BCUT2D eigenvalue weighted by molar-refractivity contribution is 0.0932. The molecule has 0 unspecified atom stereocenters. The van der Waals surface area contributed by atoms with E-state index in [9.17, 15) is 4.79 Å². The zero-order valence-corrected chi connectivity index (χ0v) is 9.96. The standard InChI is InChI=1S/C11H13BrN2O/c12-9-6-3-7-13-10(9)11(15)14-8-4-1-2-5-8/h3,6-8H,1-2,4-5H2,(H,14,15). The normalized spacial score (nSPS) is 16.6. The molecule has 0 radical (unpaired) electrons. The smallest absolute Gasteiger partial charge is 0.271 e. The Bertz CT molecular complexity index is 361. The average Bonchev–Trinajstić information content (AvgIpc) is 2.71. The zero-order valence-electron chi connectivity index (χ0n) is 8.37. The highest BCUT2D eigenvalue weighted by molar-refractivity contribution is 9.10. The molecule has 1 amide bonds. The minimum Gasteiger partial charge on any atom is -0.348 e. The molecule has 80 valence electrons. The van der Waals surface area contributed by atoms with Gasteiger partial charge in [-0.1, -0.05) is 12.8 Å². The summed E-state index contributed by atoms with van der Waals surface area (Å²) in [4.78, 5) is 15.9. The third kappa shape index (κ3) is 2.56. The quantitative estimate of drug-likeness (QED) is 0.896. The molecule has 1 heterocycles. The van der Waals surface area contributed by atoms with E-state index in [4.69, 9.17) is 0 Å². The molecule has 1 N–H and O–H groups in total. The number of aromatic nitrogens is 1. The van der Waals surface area contributed by atoms with E-state index in [1.54, 1.807) is 12.3 Å². The van der Waals surface area contributed by atoms with E-state index in [-0.39, 0.29) is 5.91 Å². The first-order valence-corrected chi connectivity index (χ1v) is 5.98. The van der Waals surface area contributed by atoms with Gasteiger partial charge in [-0.25, -0.2) is 4.98 Å². The second-order valence-corrected chi connectivity index (χ2v) is 4.64. The van der Waals surface area contributed by atoms with Crippen LogP contribution >= 0.6 is 15.9 Å². The lowest BCUT2D eigenvalue weighted by Gasteiger charge is -2.11. The topological polar surface area (TPSA) is 42.0 Å². The first-order chi connectivity index (χ1) is 7.27. The molecular weight excluding hydrogens is 256 g/mol. The van der Waals surface area contributed by atoms with Crippen LogP contribution in [0.3, 0.4) is 0 Å². The maximum atomic E-state index is 11.8. The summed E-state index contributed by atoms with van der Waals surface area (Å²) < 4.78 is 0.750. The molecule has 1 saturated carbocycles. The number of carbonyl (C=O) groups excluding carboxylic acids is 1. The Labute approximate surface area is 97.4 Å². The minimum atomic E-state index is -0.0747. The lowest BCUT2D eigenvalue weighted by Crippen LogP contribution is -2.33. The van der Waals surface area contributed by atoms with Crippen LogP contribution in [0.15, 0.2) is 22.8 Å². The van der Waals surface area contributed by atoms with Gasteiger partial charge in [-0.2, -0.15) is 0 Å². The Morgan fingerprint density at radius 1 is 1.47 bits per heavy atom. The van der Waals surface area contributed by atoms with E-state index in [1.165, 1.54) is 12.8 Å². The second kappa shape index (κ2) is 4.75. The van der Waals surface area contributed by atoms with E-state index in [2.05, 4.69) is 26.2 Å². The fourth-order valence-electron chi connectivity index (χ4n) is 1.88. The number of hydrogen-bond acceptors (Lipinski definition) is 2. The van der Waals surface area contributed by atoms with Gasteiger partial charge in [0.15, 0.2) is 0 Å². The average molecular weight is 269 g/mol. The van der Waals surface area contributed by atoms with Crippen molar-refractivity contribution in [2.75, 3.05) is 0 Å². The van der Waals surface area contributed by atoms with Gasteiger partial charge in [-0.3, -0.25) is 4.79 Å². The fraction of sp³-hybridized carbons (Fsp3) is 0.455. The van der Waals surface area contributed by atoms with Gasteiger partial charge in [0.05, 0.1) is 0 Å². The van der Waals surface area contributed by atoms with Gasteiger partial charge in [0.2, 0.25) is 0 Å². The van der Waals surface area contributed by atoms with Gasteiger partial charge in [0, 0.05) is 16.7 Å². The number of pyridine rings is 1. The lowest BCUT2D eigenvalue weighted by atomic mass is 10.2. The molecule has 0 saturated heterocycles. The van der Waals surface area contributed by atoms with Crippen molar-refractivity contribution in [2.45, 2.75) is 31.7 Å². The molecule has 1 aliphatic rings. The summed E-state index contributed by atoms with van der Waals surface area (Å²) in [6.45, 7) is 0. The van der Waals surface area contributed by atoms with Crippen molar-refractivity contribution in [1.29, 1.82) is 0 Å². The number of hydrogen-bond donors (Lipinski definition) is 1. The molecule has 1 aromatic rings. The van der Waals surface area contributed by atoms with Crippen LogP contribution in [0.1, 0.15) is 36.2 Å². The summed E-state index contributed by atoms with van der Waals surface area (Å²) >= 11 is 3.32. The summed E-state index contributed by atoms with van der Waals surface area (Å²) in [5.41, 5.74) is 0.476. The van der Waals surface area contributed by atoms with Gasteiger partial charge >= 0.3 is 0 Å². The maximum absolute atomic E-state index is 11.8. The first kappa shape index (κ1) is 10.6. The Kier molecular flexibility index (Phi) is 3.36. The van der Waals surface area contributed by atoms with Crippen LogP contribution in [0, 0.1) is 0 Å². The number of rotatable bonds is 2. The van der Waals surface area contributed by atoms with Crippen LogP contribution in [-0.2, 0) is 0 Å². The molecule has 0 spiro atoms. The highest BCUT2D eigenvalue weighted by atomic mass is 79.9. The number of nitrogens with one attached hydrogen (secondary N) is 1. The van der Waals surface area contributed by atoms with Crippen LogP contribution in [0.4, 0.5) is 0 Å². The highest BCUT2D eigenvalue weighted by Crippen LogP contribution is 2.19. The van der Waals surface area contributed by atoms with Crippen molar-refractivity contribution in [3.8, 4) is 0 Å². The highest BCUT2D eigenvalue weighted by Gasteiger charge is 2.19. The molecule has 1 aromatic heterocycles. The van der Waals surface area contributed by atoms with Crippen molar-refractivity contribution in [3.63, 3.8) is 0 Å². The predicted molar refractivity (Wildman–Crippen MR) is 61.7 cm³/mol. The zero-order chi connectivity index (χ0) is 10.7. The molecule has 1 aliphatic carbocycles. The second-order valence-electron chi connectivity index (χ2n) is 3.79. The Morgan fingerprint density at radius 3 is 2.87 bits per heavy atom. The van der Waals surface area contributed by atoms with Crippen LogP contribution in [0.5, 0.6) is 0 Å². The van der Waals surface area contributed by atoms with Gasteiger partial charge in [-0.15, -0.1) is 0 Å². The molecule has 15 heavy (non-hydrogen) atoms. The number of carbonyl (C=O) groups is 1. The van der Waals surface area contributed by atoms with Crippen molar-refractivity contribution in [3.05, 3.63) is 28.5 Å². The predicted octanol–water partition coefficient (Wildman–Crippen LogP) is 2.52. The monoisotopic (exact) mass is 268 g/mol. The van der Waals surface area contributed by atoms with Crippen molar-refractivity contribution in [1.82, 2.24) is 10.3 Å². The van der Waals surface area contributed by atoms with Crippen LogP contribution in [0.25, 0.3) is 0 Å². The fourth-order valence-corrected chi connectivity index (χ4v) is 2.31. The molecule has 4 heteroatoms. The van der Waals surface area contributed by atoms with Gasteiger partial charge in [-0.05, 0) is 40.9 Å². The number of nitrogens with zero attached hydrogens (tertiary/aromatic N) is 1. The van der Waals surface area contributed by atoms with E-state index < -0.39 is 0 Å². The number of amides is 1. The molecular formula is C11H13BrN2O. The van der Waals surface area contributed by atoms with Gasteiger partial charge in [0.1, 0.15) is 5.69 Å². The van der Waals surface area contributed by atoms with E-state index in [0.717, 1.165) is 17.3 Å². The summed E-state index contributed by atoms with van der Waals surface area (Å²) in [6, 6.07) is 3.97. The summed E-state index contributed by atoms with van der Waals surface area (Å²) in [5.74, 6) is -0.0747. The van der Waals surface area contributed by atoms with Gasteiger partial charge < -0.3 is 5.32 Å². The van der Waals surface area contributed by atoms with Crippen LogP contribution < -0.4 is 5.32 Å². The third-order valence-electron chi connectivity index (χ3n) is 2.66. The van der Waals surface area contributed by atoms with Crippen LogP contribution in [-0.4, -0.2) is 16.9 Å². The molecule has 0 aromatic carbocycles. The van der Waals surface area contributed by atoms with Crippen molar-refractivity contribution < 1.29 is 4.79 Å². The number of halogens is 1. The SMILES string of the molecule is O=C(NC1CCCC1)c1ncccc1Br. The Balaban J connectivity index is 2.04. The first-order valence-electron chi connectivity index (χ1n) is 5.19. The Morgan fingerprint density at radius 2 is 2.20 bits per heavy atom. The van der Waals surface area contributed by atoms with E-state index in [0.29, 0.717) is 11.7 Å². The minimum absolute atomic E-state index is 0.0747. The Hall–Kier alpha value is -0.900. The molecule has 2 rings (SSSR count). The third-order valence-corrected chi connectivity index (χ3v) is 3.30. The maximum Gasteiger partial charge on any atom is 0.271 e. The summed E-state index contributed by atoms with van der Waals surface area (Å²) in [5, 5.41) is 3.00. The molecule has 0 bridgehead atoms. The molecule has 0 atom stereocenters. The summed E-state index contributed by atoms with van der Waals surface area (Å²) in [6.07, 6.45) is 6.25.